The van der Waals surface area contributed by atoms with Crippen molar-refractivity contribution >= 4 is 5.97 Å². The molecular formula is C14H21NO4. The lowest BCUT2D eigenvalue weighted by atomic mass is 9.80. The van der Waals surface area contributed by atoms with Crippen molar-refractivity contribution in [1.29, 1.82) is 0 Å². The average Bonchev–Trinajstić information content (AvgIpc) is 2.83. The number of nitrogens with zero attached hydrogens (tertiary/aromatic N) is 1. The number of hydrogen-bond donors (Lipinski definition) is 0. The second kappa shape index (κ2) is 6.08. The van der Waals surface area contributed by atoms with Crippen LogP contribution in [0.2, 0.25) is 0 Å². The van der Waals surface area contributed by atoms with Gasteiger partial charge in [-0.05, 0) is 38.0 Å². The monoisotopic (exact) mass is 267 g/mol. The van der Waals surface area contributed by atoms with Gasteiger partial charge in [0.25, 0.3) is 0 Å². The maximum atomic E-state index is 11.4. The van der Waals surface area contributed by atoms with Crippen LogP contribution >= 0.6 is 0 Å². The van der Waals surface area contributed by atoms with E-state index in [4.69, 9.17) is 13.9 Å². The molecule has 0 spiro atoms. The molecule has 2 rings (SSSR count). The minimum Gasteiger partial charge on any atom is -0.461 e. The van der Waals surface area contributed by atoms with Crippen LogP contribution in [0.25, 0.3) is 0 Å². The highest BCUT2D eigenvalue weighted by Gasteiger charge is 2.27. The summed E-state index contributed by atoms with van der Waals surface area (Å²) in [6.45, 7) is 6.57. The number of oxazole rings is 1. The third-order valence-corrected chi connectivity index (χ3v) is 3.79. The van der Waals surface area contributed by atoms with Gasteiger partial charge in [0.05, 0.1) is 6.61 Å². The number of rotatable bonds is 4. The van der Waals surface area contributed by atoms with E-state index in [0.29, 0.717) is 12.5 Å². The summed E-state index contributed by atoms with van der Waals surface area (Å²) in [5.41, 5.74) is 0.161. The summed E-state index contributed by atoms with van der Waals surface area (Å²) in [7, 11) is 0. The van der Waals surface area contributed by atoms with Crippen LogP contribution in [-0.4, -0.2) is 23.7 Å². The first kappa shape index (κ1) is 13.9. The molecule has 1 fully saturated rings. The minimum atomic E-state index is -0.480. The second-order valence-corrected chi connectivity index (χ2v) is 5.23. The average molecular weight is 267 g/mol. The maximum absolute atomic E-state index is 11.4. The SMILES string of the molecule is CCOC(=O)c1coc(OC2CCC(C)C(C)C2)n1. The van der Waals surface area contributed by atoms with Crippen LogP contribution in [-0.2, 0) is 4.74 Å². The van der Waals surface area contributed by atoms with Crippen molar-refractivity contribution in [3.63, 3.8) is 0 Å². The van der Waals surface area contributed by atoms with E-state index in [1.54, 1.807) is 6.92 Å². The van der Waals surface area contributed by atoms with E-state index in [1.807, 2.05) is 0 Å². The third-order valence-electron chi connectivity index (χ3n) is 3.79. The van der Waals surface area contributed by atoms with Gasteiger partial charge in [0.2, 0.25) is 0 Å². The molecule has 0 bridgehead atoms. The molecule has 5 nitrogen and oxygen atoms in total. The minimum absolute atomic E-state index is 0.125. The van der Waals surface area contributed by atoms with Crippen LogP contribution in [0.15, 0.2) is 10.7 Å². The number of hydrogen-bond acceptors (Lipinski definition) is 5. The standard InChI is InChI=1S/C14H21NO4/c1-4-17-13(16)12-8-18-14(15-12)19-11-6-5-9(2)10(3)7-11/h8-11H,4-7H2,1-3H3. The number of carbonyl (C=O) groups is 1. The molecule has 1 heterocycles. The third kappa shape index (κ3) is 3.49. The number of carbonyl (C=O) groups excluding carboxylic acids is 1. The summed E-state index contributed by atoms with van der Waals surface area (Å²) >= 11 is 0. The van der Waals surface area contributed by atoms with E-state index in [1.165, 1.54) is 6.26 Å². The first-order valence-electron chi connectivity index (χ1n) is 6.89. The lowest BCUT2D eigenvalue weighted by Crippen LogP contribution is -2.28. The molecule has 1 saturated carbocycles. The van der Waals surface area contributed by atoms with Crippen molar-refractivity contribution in [2.24, 2.45) is 11.8 Å². The molecule has 0 saturated heterocycles. The molecule has 19 heavy (non-hydrogen) atoms. The van der Waals surface area contributed by atoms with Crippen LogP contribution in [0.4, 0.5) is 0 Å². The Morgan fingerprint density at radius 3 is 2.89 bits per heavy atom. The Morgan fingerprint density at radius 1 is 1.42 bits per heavy atom. The quantitative estimate of drug-likeness (QED) is 0.784. The van der Waals surface area contributed by atoms with Gasteiger partial charge in [0, 0.05) is 0 Å². The zero-order valence-corrected chi connectivity index (χ0v) is 11.7. The topological polar surface area (TPSA) is 61.6 Å². The van der Waals surface area contributed by atoms with E-state index < -0.39 is 5.97 Å². The van der Waals surface area contributed by atoms with E-state index in [0.717, 1.165) is 25.2 Å². The van der Waals surface area contributed by atoms with E-state index in [2.05, 4.69) is 18.8 Å². The molecule has 0 radical (unpaired) electrons. The molecule has 0 amide bonds. The zero-order valence-electron chi connectivity index (χ0n) is 11.7. The number of esters is 1. The summed E-state index contributed by atoms with van der Waals surface area (Å²) in [4.78, 5) is 15.4. The summed E-state index contributed by atoms with van der Waals surface area (Å²) in [6, 6.07) is 0. The highest BCUT2D eigenvalue weighted by Crippen LogP contribution is 2.31. The van der Waals surface area contributed by atoms with Crippen LogP contribution in [0.5, 0.6) is 6.08 Å². The van der Waals surface area contributed by atoms with Crippen molar-refractivity contribution in [1.82, 2.24) is 4.98 Å². The molecule has 1 aliphatic carbocycles. The predicted molar refractivity (Wildman–Crippen MR) is 69.1 cm³/mol. The second-order valence-electron chi connectivity index (χ2n) is 5.23. The Kier molecular flexibility index (Phi) is 4.45. The lowest BCUT2D eigenvalue weighted by Gasteiger charge is -2.31. The molecule has 1 aliphatic rings. The Morgan fingerprint density at radius 2 is 2.21 bits per heavy atom. The normalized spacial score (nSPS) is 27.0. The molecule has 0 N–H and O–H groups in total. The van der Waals surface area contributed by atoms with Gasteiger partial charge in [-0.25, -0.2) is 4.79 Å². The zero-order chi connectivity index (χ0) is 13.8. The van der Waals surface area contributed by atoms with Crippen molar-refractivity contribution in [3.05, 3.63) is 12.0 Å². The van der Waals surface area contributed by atoms with E-state index >= 15 is 0 Å². The van der Waals surface area contributed by atoms with Crippen molar-refractivity contribution < 1.29 is 18.7 Å². The Balaban J connectivity index is 1.91. The molecule has 106 valence electrons. The van der Waals surface area contributed by atoms with Crippen LogP contribution < -0.4 is 4.74 Å². The summed E-state index contributed by atoms with van der Waals surface area (Å²) in [5.74, 6) is 0.893. The Labute approximate surface area is 113 Å². The number of aromatic nitrogens is 1. The van der Waals surface area contributed by atoms with Gasteiger partial charge in [-0.1, -0.05) is 13.8 Å². The van der Waals surface area contributed by atoms with Gasteiger partial charge in [0.15, 0.2) is 5.69 Å². The molecule has 1 aromatic rings. The molecule has 5 heteroatoms. The molecule has 0 aromatic carbocycles. The number of ether oxygens (including phenoxy) is 2. The van der Waals surface area contributed by atoms with Gasteiger partial charge in [0.1, 0.15) is 12.4 Å². The van der Waals surface area contributed by atoms with Crippen LogP contribution in [0.1, 0.15) is 50.5 Å². The fraction of sp³-hybridized carbons (Fsp3) is 0.714. The molecule has 1 aromatic heterocycles. The van der Waals surface area contributed by atoms with E-state index in [9.17, 15) is 4.79 Å². The van der Waals surface area contributed by atoms with Gasteiger partial charge in [-0.2, -0.15) is 4.98 Å². The van der Waals surface area contributed by atoms with Gasteiger partial charge >= 0.3 is 12.0 Å². The molecule has 3 atom stereocenters. The lowest BCUT2D eigenvalue weighted by molar-refractivity contribution is 0.0517. The molecular weight excluding hydrogens is 246 g/mol. The Bertz CT molecular complexity index is 429. The summed E-state index contributed by atoms with van der Waals surface area (Å²) in [6.07, 6.45) is 4.72. The van der Waals surface area contributed by atoms with Crippen molar-refractivity contribution in [2.45, 2.75) is 46.1 Å². The van der Waals surface area contributed by atoms with Gasteiger partial charge in [-0.15, -0.1) is 0 Å². The van der Waals surface area contributed by atoms with Gasteiger partial charge < -0.3 is 13.9 Å². The maximum Gasteiger partial charge on any atom is 0.394 e. The van der Waals surface area contributed by atoms with Crippen LogP contribution in [0.3, 0.4) is 0 Å². The summed E-state index contributed by atoms with van der Waals surface area (Å²) < 4.78 is 15.7. The largest absolute Gasteiger partial charge is 0.461 e. The first-order chi connectivity index (χ1) is 9.10. The summed E-state index contributed by atoms with van der Waals surface area (Å²) in [5, 5.41) is 0. The highest BCUT2D eigenvalue weighted by molar-refractivity contribution is 5.86. The fourth-order valence-electron chi connectivity index (χ4n) is 2.36. The molecule has 3 unspecified atom stereocenters. The fourth-order valence-corrected chi connectivity index (χ4v) is 2.36. The highest BCUT2D eigenvalue weighted by atomic mass is 16.6. The van der Waals surface area contributed by atoms with Crippen molar-refractivity contribution in [2.75, 3.05) is 6.61 Å². The molecule has 0 aliphatic heterocycles. The predicted octanol–water partition coefficient (Wildman–Crippen LogP) is 3.05. The van der Waals surface area contributed by atoms with E-state index in [-0.39, 0.29) is 17.9 Å². The Hall–Kier alpha value is -1.52. The van der Waals surface area contributed by atoms with Crippen LogP contribution in [0, 0.1) is 11.8 Å². The van der Waals surface area contributed by atoms with Gasteiger partial charge in [-0.3, -0.25) is 0 Å². The smallest absolute Gasteiger partial charge is 0.394 e. The first-order valence-corrected chi connectivity index (χ1v) is 6.89. The van der Waals surface area contributed by atoms with Crippen molar-refractivity contribution in [3.8, 4) is 6.08 Å².